The highest BCUT2D eigenvalue weighted by atomic mass is 19.1. The van der Waals surface area contributed by atoms with Gasteiger partial charge >= 0.3 is 0 Å². The number of aryl methyl sites for hydroxylation is 1. The second-order valence-electron chi connectivity index (χ2n) is 7.59. The van der Waals surface area contributed by atoms with Crippen LogP contribution < -0.4 is 15.5 Å². The van der Waals surface area contributed by atoms with Crippen LogP contribution >= 0.6 is 0 Å². The molecule has 1 aliphatic carbocycles. The molecule has 1 amide bonds. The molecule has 2 aromatic rings. The lowest BCUT2D eigenvalue weighted by molar-refractivity contribution is -0.147. The monoisotopic (exact) mass is 403 g/mol. The predicted molar refractivity (Wildman–Crippen MR) is 105 cm³/mol. The molecule has 2 aliphatic rings. The van der Waals surface area contributed by atoms with Crippen molar-refractivity contribution >= 4 is 17.7 Å². The van der Waals surface area contributed by atoms with Crippen LogP contribution in [0.5, 0.6) is 0 Å². The molecule has 0 radical (unpaired) electrons. The summed E-state index contributed by atoms with van der Waals surface area (Å²) in [5.74, 6) is 0.0297. The molecule has 29 heavy (non-hydrogen) atoms. The van der Waals surface area contributed by atoms with E-state index in [1.54, 1.807) is 14.2 Å². The van der Waals surface area contributed by atoms with Crippen LogP contribution in [0.2, 0.25) is 0 Å². The minimum atomic E-state index is -0.878. The average Bonchev–Trinajstić information content (AvgIpc) is 3.22. The summed E-state index contributed by atoms with van der Waals surface area (Å²) in [6.07, 6.45) is 6.58. The van der Waals surface area contributed by atoms with Gasteiger partial charge in [0.15, 0.2) is 11.6 Å². The van der Waals surface area contributed by atoms with Gasteiger partial charge in [0, 0.05) is 58.2 Å². The van der Waals surface area contributed by atoms with Crippen LogP contribution in [-0.2, 0) is 22.4 Å². The Hall–Kier alpha value is -2.75. The van der Waals surface area contributed by atoms with E-state index in [4.69, 9.17) is 4.74 Å². The number of piperidine rings is 1. The fourth-order valence-corrected chi connectivity index (χ4v) is 4.13. The molecule has 1 saturated heterocycles. The molecular weight excluding hydrogens is 377 g/mol. The Labute approximate surface area is 168 Å². The number of aromatic amines is 1. The smallest absolute Gasteiger partial charge is 0.252 e. The molecule has 3 heterocycles. The van der Waals surface area contributed by atoms with E-state index in [1.807, 2.05) is 11.1 Å². The lowest BCUT2D eigenvalue weighted by atomic mass is 9.88. The minimum absolute atomic E-state index is 0.0686. The maximum Gasteiger partial charge on any atom is 0.252 e. The van der Waals surface area contributed by atoms with Crippen molar-refractivity contribution in [2.24, 2.45) is 0 Å². The highest BCUT2D eigenvalue weighted by Gasteiger charge is 2.43. The molecule has 1 atom stereocenters. The average molecular weight is 403 g/mol. The van der Waals surface area contributed by atoms with Crippen molar-refractivity contribution in [3.8, 4) is 0 Å². The first-order valence-corrected chi connectivity index (χ1v) is 9.87. The number of nitrogens with one attached hydrogen (secondary N) is 3. The van der Waals surface area contributed by atoms with Gasteiger partial charge in [0.1, 0.15) is 5.60 Å². The summed E-state index contributed by atoms with van der Waals surface area (Å²) in [7, 11) is 3.19. The lowest BCUT2D eigenvalue weighted by Crippen LogP contribution is -2.57. The Bertz CT molecular complexity index is 879. The maximum absolute atomic E-state index is 13.6. The number of aromatic nitrogens is 4. The van der Waals surface area contributed by atoms with Crippen LogP contribution in [0.15, 0.2) is 12.4 Å². The molecule has 0 spiro atoms. The standard InChI is InChI=1S/C19H26FN7O2/c1-21-16-14(20)11-22-18(25-16)27-7-5-19(29-2,6-8-27)17(28)24-13-4-3-12-10-23-26-15(12)9-13/h10-11,13H,3-9H2,1-2H3,(H,23,26)(H,24,28)(H,21,22,25). The Kier molecular flexibility index (Phi) is 5.35. The highest BCUT2D eigenvalue weighted by Crippen LogP contribution is 2.29. The Balaban J connectivity index is 1.39. The van der Waals surface area contributed by atoms with Gasteiger partial charge in [-0.1, -0.05) is 0 Å². The molecule has 0 saturated carbocycles. The van der Waals surface area contributed by atoms with Crippen molar-refractivity contribution in [2.45, 2.75) is 43.7 Å². The highest BCUT2D eigenvalue weighted by molar-refractivity contribution is 5.86. The van der Waals surface area contributed by atoms with E-state index in [9.17, 15) is 9.18 Å². The third-order valence-electron chi connectivity index (χ3n) is 5.98. The zero-order valence-electron chi connectivity index (χ0n) is 16.7. The van der Waals surface area contributed by atoms with E-state index in [-0.39, 0.29) is 17.8 Å². The first kappa shape index (κ1) is 19.6. The van der Waals surface area contributed by atoms with E-state index in [0.29, 0.717) is 31.9 Å². The fourth-order valence-electron chi connectivity index (χ4n) is 4.13. The largest absolute Gasteiger partial charge is 0.371 e. The molecule has 0 aromatic carbocycles. The SMILES string of the molecule is CNc1nc(N2CCC(OC)(C(=O)NC3CCc4cn[nH]c4C3)CC2)ncc1F. The Morgan fingerprint density at radius 1 is 1.38 bits per heavy atom. The molecule has 9 nitrogen and oxygen atoms in total. The van der Waals surface area contributed by atoms with Crippen LogP contribution in [0.25, 0.3) is 0 Å². The van der Waals surface area contributed by atoms with Crippen molar-refractivity contribution in [3.05, 3.63) is 29.5 Å². The maximum atomic E-state index is 13.6. The fraction of sp³-hybridized carbons (Fsp3) is 0.579. The van der Waals surface area contributed by atoms with Gasteiger partial charge in [-0.25, -0.2) is 9.37 Å². The summed E-state index contributed by atoms with van der Waals surface area (Å²) in [4.78, 5) is 23.3. The van der Waals surface area contributed by atoms with Crippen molar-refractivity contribution in [3.63, 3.8) is 0 Å². The van der Waals surface area contributed by atoms with Crippen LogP contribution in [0, 0.1) is 5.82 Å². The number of ether oxygens (including phenoxy) is 1. The van der Waals surface area contributed by atoms with Crippen molar-refractivity contribution in [2.75, 3.05) is 37.5 Å². The molecule has 2 aromatic heterocycles. The number of carbonyl (C=O) groups excluding carboxylic acids is 1. The molecule has 4 rings (SSSR count). The van der Waals surface area contributed by atoms with Crippen LogP contribution in [0.3, 0.4) is 0 Å². The van der Waals surface area contributed by atoms with E-state index in [2.05, 4.69) is 30.8 Å². The van der Waals surface area contributed by atoms with Gasteiger partial charge in [0.2, 0.25) is 5.95 Å². The lowest BCUT2D eigenvalue weighted by Gasteiger charge is -2.40. The predicted octanol–water partition coefficient (Wildman–Crippen LogP) is 1.04. The summed E-state index contributed by atoms with van der Waals surface area (Å²) in [5.41, 5.74) is 1.44. The number of H-pyrrole nitrogens is 1. The molecule has 3 N–H and O–H groups in total. The summed E-state index contributed by atoms with van der Waals surface area (Å²) in [6, 6.07) is 0.0686. The van der Waals surface area contributed by atoms with Crippen LogP contribution in [0.1, 0.15) is 30.5 Å². The first-order valence-electron chi connectivity index (χ1n) is 9.87. The number of nitrogens with zero attached hydrogens (tertiary/aromatic N) is 4. The quantitative estimate of drug-likeness (QED) is 0.685. The van der Waals surface area contributed by atoms with Crippen LogP contribution in [-0.4, -0.2) is 65.0 Å². The van der Waals surface area contributed by atoms with Gasteiger partial charge in [-0.3, -0.25) is 9.89 Å². The van der Waals surface area contributed by atoms with E-state index in [1.165, 1.54) is 5.56 Å². The van der Waals surface area contributed by atoms with E-state index >= 15 is 0 Å². The van der Waals surface area contributed by atoms with Gasteiger partial charge in [-0.05, 0) is 18.4 Å². The number of methoxy groups -OCH3 is 1. The Morgan fingerprint density at radius 3 is 2.90 bits per heavy atom. The van der Waals surface area contributed by atoms with Gasteiger partial charge in [0.05, 0.1) is 12.4 Å². The van der Waals surface area contributed by atoms with Crippen molar-refractivity contribution in [1.29, 1.82) is 0 Å². The van der Waals surface area contributed by atoms with Gasteiger partial charge in [-0.15, -0.1) is 0 Å². The van der Waals surface area contributed by atoms with Crippen molar-refractivity contribution < 1.29 is 13.9 Å². The van der Waals surface area contributed by atoms with Gasteiger partial charge in [0.25, 0.3) is 5.91 Å². The van der Waals surface area contributed by atoms with Gasteiger partial charge in [-0.2, -0.15) is 10.1 Å². The molecule has 1 unspecified atom stereocenters. The number of hydrogen-bond donors (Lipinski definition) is 3. The number of rotatable bonds is 5. The number of hydrogen-bond acceptors (Lipinski definition) is 7. The number of halogens is 1. The summed E-state index contributed by atoms with van der Waals surface area (Å²) < 4.78 is 19.3. The number of fused-ring (bicyclic) bond motifs is 1. The van der Waals surface area contributed by atoms with Crippen LogP contribution in [0.4, 0.5) is 16.2 Å². The zero-order valence-corrected chi connectivity index (χ0v) is 16.7. The van der Waals surface area contributed by atoms with E-state index in [0.717, 1.165) is 31.2 Å². The molecular formula is C19H26FN7O2. The topological polar surface area (TPSA) is 108 Å². The van der Waals surface area contributed by atoms with Crippen molar-refractivity contribution in [1.82, 2.24) is 25.5 Å². The summed E-state index contributed by atoms with van der Waals surface area (Å²) >= 11 is 0. The zero-order chi connectivity index (χ0) is 20.4. The normalized spacial score (nSPS) is 20.8. The number of amides is 1. The molecule has 1 fully saturated rings. The molecule has 156 valence electrons. The van der Waals surface area contributed by atoms with Gasteiger partial charge < -0.3 is 20.3 Å². The molecule has 0 bridgehead atoms. The minimum Gasteiger partial charge on any atom is -0.371 e. The third-order valence-corrected chi connectivity index (χ3v) is 5.98. The summed E-state index contributed by atoms with van der Waals surface area (Å²) in [5, 5.41) is 13.0. The second kappa shape index (κ2) is 7.94. The van der Waals surface area contributed by atoms with E-state index < -0.39 is 11.4 Å². The third kappa shape index (κ3) is 3.76. The number of carbonyl (C=O) groups is 1. The summed E-state index contributed by atoms with van der Waals surface area (Å²) in [6.45, 7) is 1.09. The molecule has 10 heteroatoms. The Morgan fingerprint density at radius 2 is 2.17 bits per heavy atom. The second-order valence-corrected chi connectivity index (χ2v) is 7.59. The number of anilines is 2. The molecule has 1 aliphatic heterocycles. The first-order chi connectivity index (χ1) is 14.0.